The summed E-state index contributed by atoms with van der Waals surface area (Å²) in [4.78, 5) is 12.4. The highest BCUT2D eigenvalue weighted by molar-refractivity contribution is 5.87. The van der Waals surface area contributed by atoms with Gasteiger partial charge in [0, 0.05) is 11.8 Å². The first-order valence-electron chi connectivity index (χ1n) is 8.44. The monoisotopic (exact) mass is 296 g/mol. The topological polar surface area (TPSA) is 26.3 Å². The third-order valence-corrected chi connectivity index (χ3v) is 6.57. The van der Waals surface area contributed by atoms with Gasteiger partial charge in [-0.25, -0.2) is 0 Å². The van der Waals surface area contributed by atoms with Gasteiger partial charge in [-0.2, -0.15) is 0 Å². The summed E-state index contributed by atoms with van der Waals surface area (Å²) in [5.74, 6) is 3.08. The van der Waals surface area contributed by atoms with Crippen molar-refractivity contribution in [2.75, 3.05) is 7.11 Å². The number of ether oxygens (including phenoxy) is 1. The smallest absolute Gasteiger partial charge is 0.139 e. The van der Waals surface area contributed by atoms with Gasteiger partial charge in [0.1, 0.15) is 11.5 Å². The van der Waals surface area contributed by atoms with Crippen LogP contribution in [0.2, 0.25) is 0 Å². The second-order valence-electron chi connectivity index (χ2n) is 7.51. The van der Waals surface area contributed by atoms with Crippen molar-refractivity contribution >= 4 is 11.4 Å². The number of hydrogen-bond donors (Lipinski definition) is 0. The van der Waals surface area contributed by atoms with Gasteiger partial charge in [0.15, 0.2) is 0 Å². The molecule has 3 aliphatic carbocycles. The summed E-state index contributed by atoms with van der Waals surface area (Å²) in [5.41, 5.74) is 4.08. The third kappa shape index (κ3) is 1.76. The standard InChI is InChI=1S/C20H24O2/c1-12-10-17-15(14-5-4-13(22-3)11-16(12)14)8-9-20(2)18(17)6-7-19(20)21/h4-5,10-11,15,17-18H,6-9H2,1-3H3/t15-,17+,18+,20+/m0/s1. The van der Waals surface area contributed by atoms with Crippen LogP contribution in [-0.2, 0) is 4.79 Å². The SMILES string of the molecule is COc1ccc2c(c1)C(C)=C[C@H]1[C@H]3CCC(=O)[C@]3(C)CC[C@@H]21. The fourth-order valence-electron chi connectivity index (χ4n) is 5.27. The fraction of sp³-hybridized carbons (Fsp3) is 0.550. The first kappa shape index (κ1) is 14.0. The van der Waals surface area contributed by atoms with E-state index in [2.05, 4.69) is 38.1 Å². The van der Waals surface area contributed by atoms with Crippen molar-refractivity contribution in [3.05, 3.63) is 35.4 Å². The van der Waals surface area contributed by atoms with Crippen LogP contribution in [0.1, 0.15) is 56.6 Å². The van der Waals surface area contributed by atoms with Crippen molar-refractivity contribution in [3.63, 3.8) is 0 Å². The van der Waals surface area contributed by atoms with Gasteiger partial charge >= 0.3 is 0 Å². The Bertz CT molecular complexity index is 672. The Morgan fingerprint density at radius 3 is 2.86 bits per heavy atom. The summed E-state index contributed by atoms with van der Waals surface area (Å²) in [7, 11) is 1.72. The first-order chi connectivity index (χ1) is 10.5. The molecule has 0 unspecified atom stereocenters. The van der Waals surface area contributed by atoms with Crippen LogP contribution >= 0.6 is 0 Å². The number of allylic oxidation sites excluding steroid dienone is 2. The number of carbonyl (C=O) groups is 1. The van der Waals surface area contributed by atoms with Crippen LogP contribution in [0.5, 0.6) is 5.75 Å². The van der Waals surface area contributed by atoms with Gasteiger partial charge in [-0.15, -0.1) is 0 Å². The number of ketones is 1. The second kappa shape index (κ2) is 4.71. The lowest BCUT2D eigenvalue weighted by Crippen LogP contribution is -2.41. The van der Waals surface area contributed by atoms with Crippen molar-refractivity contribution in [2.24, 2.45) is 17.3 Å². The summed E-state index contributed by atoms with van der Waals surface area (Å²) in [6, 6.07) is 6.51. The Morgan fingerprint density at radius 2 is 2.09 bits per heavy atom. The van der Waals surface area contributed by atoms with E-state index >= 15 is 0 Å². The molecule has 0 spiro atoms. The van der Waals surface area contributed by atoms with Gasteiger partial charge in [0.05, 0.1) is 7.11 Å². The lowest BCUT2D eigenvalue weighted by Gasteiger charge is -2.47. The summed E-state index contributed by atoms with van der Waals surface area (Å²) in [5, 5.41) is 0. The number of carbonyl (C=O) groups excluding carboxylic acids is 1. The van der Waals surface area contributed by atoms with Crippen LogP contribution in [-0.4, -0.2) is 12.9 Å². The van der Waals surface area contributed by atoms with E-state index in [1.807, 2.05) is 0 Å². The number of hydrogen-bond acceptors (Lipinski definition) is 2. The van der Waals surface area contributed by atoms with Gasteiger partial charge in [0.2, 0.25) is 0 Å². The predicted molar refractivity (Wildman–Crippen MR) is 87.9 cm³/mol. The van der Waals surface area contributed by atoms with Gasteiger partial charge in [-0.3, -0.25) is 4.79 Å². The largest absolute Gasteiger partial charge is 0.497 e. The summed E-state index contributed by atoms with van der Waals surface area (Å²) in [6.07, 6.45) is 6.49. The molecule has 2 heteroatoms. The molecule has 1 aromatic rings. The highest BCUT2D eigenvalue weighted by atomic mass is 16.5. The van der Waals surface area contributed by atoms with E-state index in [9.17, 15) is 4.79 Å². The number of methoxy groups -OCH3 is 1. The molecule has 0 radical (unpaired) electrons. The first-order valence-corrected chi connectivity index (χ1v) is 8.44. The van der Waals surface area contributed by atoms with Crippen LogP contribution in [0.4, 0.5) is 0 Å². The molecule has 116 valence electrons. The molecule has 2 fully saturated rings. The molecular weight excluding hydrogens is 272 g/mol. The number of rotatable bonds is 1. The molecule has 0 aliphatic heterocycles. The highest BCUT2D eigenvalue weighted by Gasteiger charge is 2.54. The molecule has 0 aromatic heterocycles. The minimum atomic E-state index is -0.0675. The highest BCUT2D eigenvalue weighted by Crippen LogP contribution is 2.59. The summed E-state index contributed by atoms with van der Waals surface area (Å²) < 4.78 is 5.39. The maximum atomic E-state index is 12.4. The Hall–Kier alpha value is -1.57. The number of benzene rings is 1. The van der Waals surface area contributed by atoms with Crippen LogP contribution in [0.3, 0.4) is 0 Å². The zero-order chi connectivity index (χ0) is 15.5. The van der Waals surface area contributed by atoms with E-state index in [-0.39, 0.29) is 5.41 Å². The van der Waals surface area contributed by atoms with E-state index in [1.165, 1.54) is 16.7 Å². The van der Waals surface area contributed by atoms with Crippen molar-refractivity contribution in [3.8, 4) is 5.75 Å². The van der Waals surface area contributed by atoms with Gasteiger partial charge in [-0.1, -0.05) is 19.1 Å². The van der Waals surface area contributed by atoms with Gasteiger partial charge in [0.25, 0.3) is 0 Å². The van der Waals surface area contributed by atoms with E-state index in [0.717, 1.165) is 31.4 Å². The van der Waals surface area contributed by atoms with Crippen LogP contribution < -0.4 is 4.74 Å². The Morgan fingerprint density at radius 1 is 1.27 bits per heavy atom. The number of Topliss-reactive ketones (excluding diaryl/α,β-unsaturated/α-hetero) is 1. The summed E-state index contributed by atoms with van der Waals surface area (Å²) >= 11 is 0. The number of fused-ring (bicyclic) bond motifs is 5. The molecule has 2 nitrogen and oxygen atoms in total. The quantitative estimate of drug-likeness (QED) is 0.757. The van der Waals surface area contributed by atoms with E-state index in [0.29, 0.717) is 23.5 Å². The van der Waals surface area contributed by atoms with E-state index in [4.69, 9.17) is 4.74 Å². The van der Waals surface area contributed by atoms with Crippen LogP contribution in [0, 0.1) is 17.3 Å². The minimum Gasteiger partial charge on any atom is -0.497 e. The van der Waals surface area contributed by atoms with E-state index in [1.54, 1.807) is 7.11 Å². The molecule has 4 rings (SSSR count). The van der Waals surface area contributed by atoms with Gasteiger partial charge < -0.3 is 4.74 Å². The minimum absolute atomic E-state index is 0.0675. The van der Waals surface area contributed by atoms with Crippen molar-refractivity contribution in [1.29, 1.82) is 0 Å². The molecule has 4 atom stereocenters. The molecule has 22 heavy (non-hydrogen) atoms. The van der Waals surface area contributed by atoms with E-state index < -0.39 is 0 Å². The predicted octanol–water partition coefficient (Wildman–Crippen LogP) is 4.59. The molecule has 0 amide bonds. The normalized spacial score (nSPS) is 36.2. The summed E-state index contributed by atoms with van der Waals surface area (Å²) in [6.45, 7) is 4.42. The van der Waals surface area contributed by atoms with Crippen LogP contribution in [0.15, 0.2) is 24.3 Å². The molecule has 2 saturated carbocycles. The Kier molecular flexibility index (Phi) is 3.01. The molecule has 0 saturated heterocycles. The maximum Gasteiger partial charge on any atom is 0.139 e. The second-order valence-corrected chi connectivity index (χ2v) is 7.51. The Labute approximate surface area is 132 Å². The average molecular weight is 296 g/mol. The fourth-order valence-corrected chi connectivity index (χ4v) is 5.27. The molecule has 0 bridgehead atoms. The van der Waals surface area contributed by atoms with Gasteiger partial charge in [-0.05, 0) is 72.8 Å². The zero-order valence-electron chi connectivity index (χ0n) is 13.7. The molecule has 0 N–H and O–H groups in total. The average Bonchev–Trinajstić information content (AvgIpc) is 2.83. The Balaban J connectivity index is 1.79. The third-order valence-electron chi connectivity index (χ3n) is 6.57. The molecule has 1 aromatic carbocycles. The molecule has 0 heterocycles. The maximum absolute atomic E-state index is 12.4. The van der Waals surface area contributed by atoms with Crippen LogP contribution in [0.25, 0.3) is 5.57 Å². The lowest BCUT2D eigenvalue weighted by molar-refractivity contribution is -0.128. The molecule has 3 aliphatic rings. The molecular formula is C20H24O2. The zero-order valence-corrected chi connectivity index (χ0v) is 13.7. The van der Waals surface area contributed by atoms with Crippen molar-refractivity contribution < 1.29 is 9.53 Å². The lowest BCUT2D eigenvalue weighted by atomic mass is 9.56. The van der Waals surface area contributed by atoms with Crippen molar-refractivity contribution in [1.82, 2.24) is 0 Å². The van der Waals surface area contributed by atoms with Crippen molar-refractivity contribution in [2.45, 2.75) is 45.4 Å².